The molecule has 1 N–H and O–H groups in total. The number of anilines is 1. The average Bonchev–Trinajstić information content (AvgIpc) is 3.61. The highest BCUT2D eigenvalue weighted by atomic mass is 35.5. The summed E-state index contributed by atoms with van der Waals surface area (Å²) in [5.74, 6) is -1.10. The van der Waals surface area contributed by atoms with Crippen molar-refractivity contribution < 1.29 is 27.4 Å². The minimum Gasteiger partial charge on any atom is -0.482 e. The number of carbonyl (C=O) groups excluding carboxylic acids is 1. The maximum absolute atomic E-state index is 16.1. The van der Waals surface area contributed by atoms with Crippen LogP contribution in [0.25, 0.3) is 33.3 Å². The van der Waals surface area contributed by atoms with Gasteiger partial charge in [-0.3, -0.25) is 14.4 Å². The molecule has 216 valence electrons. The Kier molecular flexibility index (Phi) is 6.57. The fourth-order valence-corrected chi connectivity index (χ4v) is 5.44. The van der Waals surface area contributed by atoms with Crippen LogP contribution >= 0.6 is 11.6 Å². The molecule has 2 aliphatic rings. The number of benzene rings is 1. The van der Waals surface area contributed by atoms with Crippen molar-refractivity contribution in [3.63, 3.8) is 0 Å². The molecule has 0 atom stereocenters. The fraction of sp³-hybridized carbons (Fsp3) is 0.333. The number of hydrogen-bond donors (Lipinski definition) is 1. The van der Waals surface area contributed by atoms with Gasteiger partial charge in [0.25, 0.3) is 12.0 Å². The number of nitrogens with zero attached hydrogens (tertiary/aromatic N) is 6. The summed E-state index contributed by atoms with van der Waals surface area (Å²) in [5.41, 5.74) is -2.65. The predicted octanol–water partition coefficient (Wildman–Crippen LogP) is 4.96. The lowest BCUT2D eigenvalue weighted by molar-refractivity contribution is 0.138. The standard InChI is InChI=1S/C27H21ClF3N7O4/c1-3-41-26(40)38-11-27(4-5-27)42-23-13(9-32)19(15(29)7-18(23)38)22-14(10-33-37(22)2)16-6-12-17(8-28)35-36-25(39)20(12)21(34-16)24(30)31/h6-7,10,24H,3-5,8,11H2,1-2H3,(H,36,39). The van der Waals surface area contributed by atoms with Crippen LogP contribution in [0.4, 0.5) is 23.7 Å². The highest BCUT2D eigenvalue weighted by Gasteiger charge is 2.53. The molecular formula is C27H21ClF3N7O4. The number of ether oxygens (including phenoxy) is 2. The molecule has 6 rings (SSSR count). The lowest BCUT2D eigenvalue weighted by Gasteiger charge is -2.35. The van der Waals surface area contributed by atoms with Gasteiger partial charge in [0.1, 0.15) is 28.7 Å². The van der Waals surface area contributed by atoms with E-state index in [1.165, 1.54) is 28.9 Å². The number of H-pyrrole nitrogens is 1. The summed E-state index contributed by atoms with van der Waals surface area (Å²) in [4.78, 5) is 30.6. The quantitative estimate of drug-likeness (QED) is 0.318. The Bertz CT molecular complexity index is 1880. The Labute approximate surface area is 240 Å². The second kappa shape index (κ2) is 10.0. The normalized spacial score (nSPS) is 15.0. The zero-order chi connectivity index (χ0) is 29.9. The number of nitrogens with one attached hydrogen (secondary N) is 1. The molecule has 1 saturated carbocycles. The van der Waals surface area contributed by atoms with Gasteiger partial charge in [0.15, 0.2) is 5.75 Å². The van der Waals surface area contributed by atoms with Crippen molar-refractivity contribution in [3.05, 3.63) is 51.5 Å². The second-order valence-electron chi connectivity index (χ2n) is 9.92. The monoisotopic (exact) mass is 599 g/mol. The number of fused-ring (bicyclic) bond motifs is 2. The van der Waals surface area contributed by atoms with Crippen LogP contribution in [-0.2, 0) is 17.7 Å². The average molecular weight is 600 g/mol. The van der Waals surface area contributed by atoms with Gasteiger partial charge < -0.3 is 9.47 Å². The van der Waals surface area contributed by atoms with E-state index in [1.807, 2.05) is 6.07 Å². The number of aryl methyl sites for hydroxylation is 1. The lowest BCUT2D eigenvalue weighted by Crippen LogP contribution is -2.45. The molecular weight excluding hydrogens is 579 g/mol. The van der Waals surface area contributed by atoms with E-state index in [0.717, 1.165) is 6.07 Å². The largest absolute Gasteiger partial charge is 0.482 e. The van der Waals surface area contributed by atoms with Gasteiger partial charge >= 0.3 is 6.09 Å². The van der Waals surface area contributed by atoms with Crippen molar-refractivity contribution >= 4 is 34.2 Å². The van der Waals surface area contributed by atoms with E-state index in [1.54, 1.807) is 6.92 Å². The topological polar surface area (TPSA) is 139 Å². The highest BCUT2D eigenvalue weighted by Crippen LogP contribution is 2.52. The molecule has 0 bridgehead atoms. The van der Waals surface area contributed by atoms with E-state index in [0.29, 0.717) is 12.8 Å². The predicted molar refractivity (Wildman–Crippen MR) is 144 cm³/mol. The summed E-state index contributed by atoms with van der Waals surface area (Å²) in [6.07, 6.45) is -1.33. The zero-order valence-electron chi connectivity index (χ0n) is 22.2. The summed E-state index contributed by atoms with van der Waals surface area (Å²) in [6, 6.07) is 4.42. The van der Waals surface area contributed by atoms with E-state index >= 15 is 4.39 Å². The number of nitriles is 1. The smallest absolute Gasteiger partial charge is 0.414 e. The Morgan fingerprint density at radius 2 is 2.12 bits per heavy atom. The van der Waals surface area contributed by atoms with Crippen molar-refractivity contribution in [2.45, 2.75) is 37.7 Å². The minimum atomic E-state index is -3.15. The molecule has 1 spiro atoms. The number of rotatable bonds is 5. The summed E-state index contributed by atoms with van der Waals surface area (Å²) in [5, 5.41) is 20.2. The molecule has 1 aromatic carbocycles. The first-order valence-corrected chi connectivity index (χ1v) is 13.4. The van der Waals surface area contributed by atoms with Crippen LogP contribution in [0.3, 0.4) is 0 Å². The van der Waals surface area contributed by atoms with Crippen LogP contribution in [0.15, 0.2) is 23.1 Å². The van der Waals surface area contributed by atoms with Crippen LogP contribution < -0.4 is 15.2 Å². The van der Waals surface area contributed by atoms with E-state index in [4.69, 9.17) is 21.1 Å². The van der Waals surface area contributed by atoms with Gasteiger partial charge in [0, 0.05) is 24.1 Å². The van der Waals surface area contributed by atoms with Crippen molar-refractivity contribution in [2.24, 2.45) is 7.05 Å². The first-order chi connectivity index (χ1) is 20.1. The van der Waals surface area contributed by atoms with Crippen molar-refractivity contribution in [2.75, 3.05) is 18.1 Å². The molecule has 1 aliphatic heterocycles. The number of hydrogen-bond acceptors (Lipinski definition) is 8. The van der Waals surface area contributed by atoms with Gasteiger partial charge in [-0.2, -0.15) is 15.5 Å². The Morgan fingerprint density at radius 1 is 1.36 bits per heavy atom. The van der Waals surface area contributed by atoms with Gasteiger partial charge in [0.2, 0.25) is 0 Å². The fourth-order valence-electron chi connectivity index (χ4n) is 5.23. The molecule has 1 aliphatic carbocycles. The molecule has 0 saturated heterocycles. The van der Waals surface area contributed by atoms with Crippen molar-refractivity contribution in [1.29, 1.82) is 5.26 Å². The second-order valence-corrected chi connectivity index (χ2v) is 10.2. The van der Waals surface area contributed by atoms with Gasteiger partial charge in [-0.05, 0) is 25.8 Å². The summed E-state index contributed by atoms with van der Waals surface area (Å²) < 4.78 is 57.1. The van der Waals surface area contributed by atoms with E-state index in [-0.39, 0.29) is 75.0 Å². The van der Waals surface area contributed by atoms with Gasteiger partial charge in [0.05, 0.1) is 58.9 Å². The first kappa shape index (κ1) is 27.5. The van der Waals surface area contributed by atoms with Crippen molar-refractivity contribution in [3.8, 4) is 34.3 Å². The molecule has 1 amide bonds. The number of amides is 1. The minimum absolute atomic E-state index is 0.00208. The summed E-state index contributed by atoms with van der Waals surface area (Å²) in [6.45, 7) is 1.87. The number of aromatic nitrogens is 5. The molecule has 4 heterocycles. The van der Waals surface area contributed by atoms with Crippen LogP contribution in [-0.4, -0.2) is 49.8 Å². The SMILES string of the molecule is CCOC(=O)N1CC2(CC2)Oc2c1cc(F)c(-c1c(-c3cc4c(CCl)n[nH]c(=O)c4c(C(F)F)n3)cnn1C)c2C#N. The Hall–Kier alpha value is -4.64. The van der Waals surface area contributed by atoms with E-state index < -0.39 is 35.2 Å². The van der Waals surface area contributed by atoms with E-state index in [9.17, 15) is 23.6 Å². The van der Waals surface area contributed by atoms with Crippen LogP contribution in [0.5, 0.6) is 5.75 Å². The number of halogens is 4. The number of pyridine rings is 1. The van der Waals surface area contributed by atoms with Gasteiger partial charge in [-0.25, -0.2) is 28.0 Å². The molecule has 42 heavy (non-hydrogen) atoms. The zero-order valence-corrected chi connectivity index (χ0v) is 22.9. The van der Waals surface area contributed by atoms with Crippen LogP contribution in [0.1, 0.15) is 43.1 Å². The number of aromatic amines is 1. The van der Waals surface area contributed by atoms with E-state index in [2.05, 4.69) is 20.3 Å². The molecule has 0 radical (unpaired) electrons. The number of carbonyl (C=O) groups is 1. The Balaban J connectivity index is 1.61. The molecule has 11 nitrogen and oxygen atoms in total. The third-order valence-electron chi connectivity index (χ3n) is 7.34. The highest BCUT2D eigenvalue weighted by molar-refractivity contribution is 6.17. The maximum Gasteiger partial charge on any atom is 0.414 e. The Morgan fingerprint density at radius 3 is 2.76 bits per heavy atom. The lowest BCUT2D eigenvalue weighted by atomic mass is 9.96. The van der Waals surface area contributed by atoms with Crippen LogP contribution in [0, 0.1) is 17.1 Å². The molecule has 15 heteroatoms. The first-order valence-electron chi connectivity index (χ1n) is 12.8. The molecule has 3 aromatic heterocycles. The number of alkyl halides is 3. The summed E-state index contributed by atoms with van der Waals surface area (Å²) >= 11 is 5.98. The molecule has 1 fully saturated rings. The van der Waals surface area contributed by atoms with Gasteiger partial charge in [-0.1, -0.05) is 0 Å². The maximum atomic E-state index is 16.1. The summed E-state index contributed by atoms with van der Waals surface area (Å²) in [7, 11) is 1.48. The molecule has 4 aromatic rings. The van der Waals surface area contributed by atoms with Gasteiger partial charge in [-0.15, -0.1) is 11.6 Å². The van der Waals surface area contributed by atoms with Crippen LogP contribution in [0.2, 0.25) is 0 Å². The molecule has 0 unspecified atom stereocenters. The third kappa shape index (κ3) is 4.23. The van der Waals surface area contributed by atoms with Crippen molar-refractivity contribution in [1.82, 2.24) is 25.0 Å². The third-order valence-corrected chi connectivity index (χ3v) is 7.59.